The van der Waals surface area contributed by atoms with E-state index in [0.29, 0.717) is 0 Å². The molecule has 1 aromatic heterocycles. The van der Waals surface area contributed by atoms with Crippen molar-refractivity contribution in [2.45, 2.75) is 13.5 Å². The molecule has 0 saturated carbocycles. The van der Waals surface area contributed by atoms with Crippen LogP contribution >= 0.6 is 15.9 Å². The van der Waals surface area contributed by atoms with E-state index in [-0.39, 0.29) is 29.6 Å². The molecule has 0 aliphatic carbocycles. The van der Waals surface area contributed by atoms with Gasteiger partial charge in [0.25, 0.3) is 0 Å². The Hall–Kier alpha value is -2.54. The summed E-state index contributed by atoms with van der Waals surface area (Å²) >= 11 is 3.35. The van der Waals surface area contributed by atoms with E-state index in [0.717, 1.165) is 22.2 Å². The third kappa shape index (κ3) is 3.53. The number of esters is 1. The number of carbonyl (C=O) groups excluding carboxylic acids is 1. The van der Waals surface area contributed by atoms with E-state index >= 15 is 0 Å². The first kappa shape index (κ1) is 18.3. The maximum absolute atomic E-state index is 13.7. The average molecular weight is 422 g/mol. The number of rotatable bonds is 4. The zero-order chi connectivity index (χ0) is 18.8. The third-order valence-corrected chi connectivity index (χ3v) is 4.41. The van der Waals surface area contributed by atoms with Gasteiger partial charge in [0.1, 0.15) is 5.56 Å². The molecule has 3 rings (SSSR count). The van der Waals surface area contributed by atoms with Gasteiger partial charge in [-0.05, 0) is 30.7 Å². The van der Waals surface area contributed by atoms with Crippen LogP contribution in [0.4, 0.5) is 8.78 Å². The van der Waals surface area contributed by atoms with Gasteiger partial charge in [0.2, 0.25) is 5.43 Å². The second-order valence-electron chi connectivity index (χ2n) is 5.63. The molecule has 0 spiro atoms. The number of fused-ring (bicyclic) bond motifs is 1. The van der Waals surface area contributed by atoms with Crippen LogP contribution in [0.1, 0.15) is 22.8 Å². The van der Waals surface area contributed by atoms with E-state index in [1.54, 1.807) is 6.92 Å². The van der Waals surface area contributed by atoms with E-state index in [4.69, 9.17) is 4.74 Å². The highest BCUT2D eigenvalue weighted by Gasteiger charge is 2.18. The van der Waals surface area contributed by atoms with Crippen LogP contribution in [0.25, 0.3) is 10.9 Å². The van der Waals surface area contributed by atoms with Crippen LogP contribution in [0.3, 0.4) is 0 Å². The largest absolute Gasteiger partial charge is 0.462 e. The Labute approximate surface area is 156 Å². The van der Waals surface area contributed by atoms with Crippen molar-refractivity contribution < 1.29 is 18.3 Å². The van der Waals surface area contributed by atoms with Crippen LogP contribution in [0, 0.1) is 11.6 Å². The zero-order valence-electron chi connectivity index (χ0n) is 13.8. The first-order valence-corrected chi connectivity index (χ1v) is 8.63. The lowest BCUT2D eigenvalue weighted by atomic mass is 10.1. The predicted molar refractivity (Wildman–Crippen MR) is 97.3 cm³/mol. The molecule has 3 aromatic rings. The van der Waals surface area contributed by atoms with Crippen LogP contribution in [-0.4, -0.2) is 17.1 Å². The maximum Gasteiger partial charge on any atom is 0.343 e. The van der Waals surface area contributed by atoms with Crippen LogP contribution in [0.2, 0.25) is 0 Å². The van der Waals surface area contributed by atoms with Gasteiger partial charge in [0, 0.05) is 28.7 Å². The summed E-state index contributed by atoms with van der Waals surface area (Å²) in [5, 5.41) is -0.0773. The molecule has 0 bridgehead atoms. The van der Waals surface area contributed by atoms with Crippen LogP contribution in [-0.2, 0) is 11.3 Å². The van der Waals surface area contributed by atoms with Crippen molar-refractivity contribution in [1.82, 2.24) is 4.57 Å². The Kier molecular flexibility index (Phi) is 5.18. The van der Waals surface area contributed by atoms with Gasteiger partial charge in [-0.15, -0.1) is 0 Å². The fourth-order valence-corrected chi connectivity index (χ4v) is 2.92. The Morgan fingerprint density at radius 1 is 1.15 bits per heavy atom. The Morgan fingerprint density at radius 3 is 2.46 bits per heavy atom. The zero-order valence-corrected chi connectivity index (χ0v) is 15.3. The molecule has 0 aliphatic heterocycles. The second kappa shape index (κ2) is 7.37. The van der Waals surface area contributed by atoms with Crippen LogP contribution in [0.5, 0.6) is 0 Å². The van der Waals surface area contributed by atoms with Gasteiger partial charge in [-0.25, -0.2) is 13.6 Å². The number of aromatic nitrogens is 1. The fourth-order valence-electron chi connectivity index (χ4n) is 2.66. The maximum atomic E-state index is 13.7. The number of ether oxygens (including phenoxy) is 1. The monoisotopic (exact) mass is 421 g/mol. The summed E-state index contributed by atoms with van der Waals surface area (Å²) in [5.74, 6) is -3.01. The standard InChI is InChI=1S/C19H14BrF2NO3/c1-2-26-19(25)14-10-23(9-11-3-5-12(20)6-4-11)17-8-16(22)15(21)7-13(17)18(14)24/h3-8,10H,2,9H2,1H3. The van der Waals surface area contributed by atoms with E-state index in [2.05, 4.69) is 15.9 Å². The van der Waals surface area contributed by atoms with Gasteiger partial charge in [-0.3, -0.25) is 4.79 Å². The summed E-state index contributed by atoms with van der Waals surface area (Å²) in [6.07, 6.45) is 1.32. The van der Waals surface area contributed by atoms with Gasteiger partial charge in [0.05, 0.1) is 12.1 Å². The lowest BCUT2D eigenvalue weighted by Gasteiger charge is -2.14. The molecule has 26 heavy (non-hydrogen) atoms. The van der Waals surface area contributed by atoms with Crippen molar-refractivity contribution in [1.29, 1.82) is 0 Å². The van der Waals surface area contributed by atoms with E-state index in [1.165, 1.54) is 10.8 Å². The lowest BCUT2D eigenvalue weighted by molar-refractivity contribution is 0.0524. The molecule has 0 amide bonds. The van der Waals surface area contributed by atoms with Gasteiger partial charge in [0.15, 0.2) is 11.6 Å². The van der Waals surface area contributed by atoms with Crippen molar-refractivity contribution in [3.8, 4) is 0 Å². The predicted octanol–water partition coefficient (Wildman–Crippen LogP) is 4.27. The molecule has 0 N–H and O–H groups in total. The molecule has 0 fully saturated rings. The van der Waals surface area contributed by atoms with Gasteiger partial charge >= 0.3 is 5.97 Å². The van der Waals surface area contributed by atoms with Crippen molar-refractivity contribution >= 4 is 32.8 Å². The highest BCUT2D eigenvalue weighted by Crippen LogP contribution is 2.19. The normalized spacial score (nSPS) is 10.9. The van der Waals surface area contributed by atoms with Crippen LogP contribution in [0.15, 0.2) is 51.9 Å². The molecule has 0 saturated heterocycles. The molecule has 0 radical (unpaired) electrons. The Bertz CT molecular complexity index is 1050. The topological polar surface area (TPSA) is 48.3 Å². The number of hydrogen-bond acceptors (Lipinski definition) is 3. The van der Waals surface area contributed by atoms with Gasteiger partial charge in [-0.2, -0.15) is 0 Å². The van der Waals surface area contributed by atoms with Crippen molar-refractivity contribution in [3.05, 3.63) is 80.1 Å². The number of hydrogen-bond donors (Lipinski definition) is 0. The van der Waals surface area contributed by atoms with E-state index in [9.17, 15) is 18.4 Å². The van der Waals surface area contributed by atoms with E-state index < -0.39 is 23.0 Å². The van der Waals surface area contributed by atoms with Crippen LogP contribution < -0.4 is 5.43 Å². The SMILES string of the molecule is CCOC(=O)c1cn(Cc2ccc(Br)cc2)c2cc(F)c(F)cc2c1=O. The molecular weight excluding hydrogens is 408 g/mol. The van der Waals surface area contributed by atoms with Crippen molar-refractivity contribution in [2.24, 2.45) is 0 Å². The lowest BCUT2D eigenvalue weighted by Crippen LogP contribution is -2.21. The number of pyridine rings is 1. The minimum atomic E-state index is -1.15. The third-order valence-electron chi connectivity index (χ3n) is 3.88. The second-order valence-corrected chi connectivity index (χ2v) is 6.55. The fraction of sp³-hybridized carbons (Fsp3) is 0.158. The number of benzene rings is 2. The van der Waals surface area contributed by atoms with Gasteiger partial charge in [-0.1, -0.05) is 28.1 Å². The summed E-state index contributed by atoms with van der Waals surface area (Å²) < 4.78 is 34.7. The van der Waals surface area contributed by atoms with Gasteiger partial charge < -0.3 is 9.30 Å². The Morgan fingerprint density at radius 2 is 1.81 bits per heavy atom. The summed E-state index contributed by atoms with van der Waals surface area (Å²) in [6.45, 7) is 1.98. The molecule has 7 heteroatoms. The molecule has 0 atom stereocenters. The summed E-state index contributed by atoms with van der Waals surface area (Å²) in [6, 6.07) is 9.14. The average Bonchev–Trinajstić information content (AvgIpc) is 2.61. The highest BCUT2D eigenvalue weighted by atomic mass is 79.9. The molecule has 2 aromatic carbocycles. The molecule has 0 aliphatic rings. The number of halogens is 3. The molecular formula is C19H14BrF2NO3. The summed E-state index contributed by atoms with van der Waals surface area (Å²) in [4.78, 5) is 24.6. The highest BCUT2D eigenvalue weighted by molar-refractivity contribution is 9.10. The minimum Gasteiger partial charge on any atom is -0.462 e. The van der Waals surface area contributed by atoms with Crippen molar-refractivity contribution in [2.75, 3.05) is 6.61 Å². The molecule has 4 nitrogen and oxygen atoms in total. The summed E-state index contributed by atoms with van der Waals surface area (Å²) in [5.41, 5.74) is 0.148. The van der Waals surface area contributed by atoms with Crippen molar-refractivity contribution in [3.63, 3.8) is 0 Å². The summed E-state index contributed by atoms with van der Waals surface area (Å²) in [7, 11) is 0. The van der Waals surface area contributed by atoms with E-state index in [1.807, 2.05) is 24.3 Å². The first-order chi connectivity index (χ1) is 12.4. The quantitative estimate of drug-likeness (QED) is 0.591. The smallest absolute Gasteiger partial charge is 0.343 e. The molecule has 134 valence electrons. The number of carbonyl (C=O) groups is 1. The first-order valence-electron chi connectivity index (χ1n) is 7.84. The Balaban J connectivity index is 2.23. The minimum absolute atomic E-state index is 0.0773. The molecule has 1 heterocycles. The molecule has 0 unspecified atom stereocenters. The number of nitrogens with zero attached hydrogens (tertiary/aromatic N) is 1.